The van der Waals surface area contributed by atoms with E-state index in [1.807, 2.05) is 0 Å². The molecule has 0 fully saturated rings. The molecule has 10 heteroatoms. The van der Waals surface area contributed by atoms with Crippen molar-refractivity contribution in [3.05, 3.63) is 89.2 Å². The topological polar surface area (TPSA) is 93.4 Å². The predicted octanol–water partition coefficient (Wildman–Crippen LogP) is 3.28. The number of carbonyl (C=O) groups excluding carboxylic acids is 1. The van der Waals surface area contributed by atoms with E-state index in [-0.39, 0.29) is 27.3 Å². The summed E-state index contributed by atoms with van der Waals surface area (Å²) in [7, 11) is -3.89. The summed E-state index contributed by atoms with van der Waals surface area (Å²) < 4.78 is 40.6. The molecule has 0 bridgehead atoms. The van der Waals surface area contributed by atoms with Crippen LogP contribution < -0.4 is 5.32 Å². The Kier molecular flexibility index (Phi) is 5.23. The third-order valence-electron chi connectivity index (χ3n) is 4.40. The van der Waals surface area contributed by atoms with E-state index < -0.39 is 15.7 Å². The van der Waals surface area contributed by atoms with Crippen LogP contribution >= 0.6 is 11.6 Å². The van der Waals surface area contributed by atoms with E-state index in [9.17, 15) is 17.6 Å². The number of aromatic nitrogens is 3. The van der Waals surface area contributed by atoms with Crippen molar-refractivity contribution in [2.24, 2.45) is 0 Å². The number of sulfone groups is 1. The molecule has 1 amide bonds. The van der Waals surface area contributed by atoms with Crippen molar-refractivity contribution in [2.45, 2.75) is 16.3 Å². The van der Waals surface area contributed by atoms with Crippen LogP contribution in [0, 0.1) is 5.82 Å². The Bertz CT molecular complexity index is 1350. The number of nitrogens with zero attached hydrogens (tertiary/aromatic N) is 3. The number of halogens is 2. The van der Waals surface area contributed by atoms with Crippen molar-refractivity contribution >= 4 is 33.1 Å². The highest BCUT2D eigenvalue weighted by molar-refractivity contribution is 7.91. The lowest BCUT2D eigenvalue weighted by Crippen LogP contribution is -2.23. The van der Waals surface area contributed by atoms with Gasteiger partial charge in [-0.05, 0) is 35.9 Å². The first-order chi connectivity index (χ1) is 14.3. The average molecular weight is 445 g/mol. The van der Waals surface area contributed by atoms with Gasteiger partial charge in [0.05, 0.1) is 20.4 Å². The monoisotopic (exact) mass is 444 g/mol. The van der Waals surface area contributed by atoms with Crippen LogP contribution in [-0.4, -0.2) is 28.7 Å². The maximum Gasteiger partial charge on any atom is 0.254 e. The summed E-state index contributed by atoms with van der Waals surface area (Å²) in [5.41, 5.74) is 1.06. The number of nitrogens with one attached hydrogen (secondary N) is 1. The first-order valence-corrected chi connectivity index (χ1v) is 10.6. The molecule has 0 atom stereocenters. The smallest absolute Gasteiger partial charge is 0.254 e. The number of carbonyl (C=O) groups is 1. The number of fused-ring (bicyclic) bond motifs is 1. The van der Waals surface area contributed by atoms with Gasteiger partial charge in [0.15, 0.2) is 0 Å². The lowest BCUT2D eigenvalue weighted by Gasteiger charge is -2.08. The molecule has 7 nitrogen and oxygen atoms in total. The highest BCUT2D eigenvalue weighted by atomic mass is 35.5. The third-order valence-corrected chi connectivity index (χ3v) is 6.47. The molecule has 0 aliphatic rings. The molecule has 30 heavy (non-hydrogen) atoms. The van der Waals surface area contributed by atoms with E-state index >= 15 is 0 Å². The van der Waals surface area contributed by atoms with Crippen molar-refractivity contribution in [2.75, 3.05) is 0 Å². The van der Waals surface area contributed by atoms with E-state index in [1.54, 1.807) is 35.1 Å². The van der Waals surface area contributed by atoms with Gasteiger partial charge in [-0.2, -0.15) is 0 Å². The van der Waals surface area contributed by atoms with Crippen molar-refractivity contribution < 1.29 is 17.6 Å². The van der Waals surface area contributed by atoms with Gasteiger partial charge in [0, 0.05) is 31.3 Å². The van der Waals surface area contributed by atoms with Crippen LogP contribution in [0.3, 0.4) is 0 Å². The fourth-order valence-electron chi connectivity index (χ4n) is 2.78. The van der Waals surface area contributed by atoms with Crippen LogP contribution in [0.4, 0.5) is 4.39 Å². The Morgan fingerprint density at radius 1 is 1.10 bits per heavy atom. The minimum absolute atomic E-state index is 0.00839. The summed E-state index contributed by atoms with van der Waals surface area (Å²) in [5.74, 6) is -0.643. The van der Waals surface area contributed by atoms with Gasteiger partial charge in [-0.1, -0.05) is 23.7 Å². The van der Waals surface area contributed by atoms with Crippen molar-refractivity contribution in [1.29, 1.82) is 0 Å². The number of hydrogen-bond acceptors (Lipinski definition) is 5. The lowest BCUT2D eigenvalue weighted by molar-refractivity contribution is 0.0950. The van der Waals surface area contributed by atoms with Gasteiger partial charge in [0.2, 0.25) is 15.6 Å². The number of hydrogen-bond donors (Lipinski definition) is 1. The van der Waals surface area contributed by atoms with Crippen LogP contribution in [0.15, 0.2) is 77.0 Å². The standard InChI is InChI=1S/C20H14ClFN4O3S/c21-17-6-5-16(9-18(17)22)30(28,29)15-3-1-13(2-4-15)10-24-19(27)14-11-25-20-23-7-8-26(20)12-14/h1-9,11-12H,10H2,(H,24,27). The minimum Gasteiger partial charge on any atom is -0.348 e. The van der Waals surface area contributed by atoms with Gasteiger partial charge in [-0.3, -0.25) is 9.20 Å². The maximum absolute atomic E-state index is 13.6. The van der Waals surface area contributed by atoms with E-state index in [0.29, 0.717) is 16.9 Å². The zero-order valence-electron chi connectivity index (χ0n) is 15.3. The van der Waals surface area contributed by atoms with Crippen LogP contribution in [-0.2, 0) is 16.4 Å². The van der Waals surface area contributed by atoms with Gasteiger partial charge in [0.1, 0.15) is 5.82 Å². The predicted molar refractivity (Wildman–Crippen MR) is 107 cm³/mol. The molecule has 1 N–H and O–H groups in total. The molecule has 2 aromatic heterocycles. The second kappa shape index (κ2) is 7.85. The Hall–Kier alpha value is -3.30. The Labute approximate surface area is 176 Å². The molecule has 0 aliphatic carbocycles. The SMILES string of the molecule is O=C(NCc1ccc(S(=O)(=O)c2ccc(Cl)c(F)c2)cc1)c1cnc2nccn2c1. The highest BCUT2D eigenvalue weighted by Gasteiger charge is 2.19. The van der Waals surface area contributed by atoms with Gasteiger partial charge in [0.25, 0.3) is 5.91 Å². The molecule has 2 heterocycles. The summed E-state index contributed by atoms with van der Waals surface area (Å²) >= 11 is 5.61. The fraction of sp³-hybridized carbons (Fsp3) is 0.0500. The zero-order valence-corrected chi connectivity index (χ0v) is 16.9. The number of amides is 1. The maximum atomic E-state index is 13.6. The second-order valence-electron chi connectivity index (χ2n) is 6.38. The molecule has 0 unspecified atom stereocenters. The van der Waals surface area contributed by atoms with Gasteiger partial charge in [-0.15, -0.1) is 0 Å². The zero-order chi connectivity index (χ0) is 21.3. The Balaban J connectivity index is 1.46. The normalized spacial score (nSPS) is 11.5. The molecule has 0 radical (unpaired) electrons. The largest absolute Gasteiger partial charge is 0.348 e. The molecule has 4 aromatic rings. The number of rotatable bonds is 5. The lowest BCUT2D eigenvalue weighted by atomic mass is 10.2. The molecule has 4 rings (SSSR count). The quantitative estimate of drug-likeness (QED) is 0.510. The van der Waals surface area contributed by atoms with E-state index in [2.05, 4.69) is 15.3 Å². The molecular formula is C20H14ClFN4O3S. The molecule has 0 aliphatic heterocycles. The summed E-state index contributed by atoms with van der Waals surface area (Å²) in [4.78, 5) is 20.2. The highest BCUT2D eigenvalue weighted by Crippen LogP contribution is 2.24. The van der Waals surface area contributed by atoms with Crippen molar-refractivity contribution in [3.63, 3.8) is 0 Å². The average Bonchev–Trinajstić information content (AvgIpc) is 3.22. The van der Waals surface area contributed by atoms with Gasteiger partial charge < -0.3 is 5.32 Å². The molecule has 152 valence electrons. The van der Waals surface area contributed by atoms with Gasteiger partial charge >= 0.3 is 0 Å². The first-order valence-electron chi connectivity index (χ1n) is 8.70. The molecule has 2 aromatic carbocycles. The van der Waals surface area contributed by atoms with E-state index in [0.717, 1.165) is 6.07 Å². The van der Waals surface area contributed by atoms with Crippen LogP contribution in [0.2, 0.25) is 5.02 Å². The number of benzene rings is 2. The molecule has 0 saturated carbocycles. The molecule has 0 spiro atoms. The van der Waals surface area contributed by atoms with Crippen molar-refractivity contribution in [3.8, 4) is 0 Å². The third kappa shape index (κ3) is 3.89. The fourth-order valence-corrected chi connectivity index (χ4v) is 4.17. The van der Waals surface area contributed by atoms with Gasteiger partial charge in [-0.25, -0.2) is 22.8 Å². The van der Waals surface area contributed by atoms with Crippen LogP contribution in [0.5, 0.6) is 0 Å². The Morgan fingerprint density at radius 3 is 2.57 bits per heavy atom. The van der Waals surface area contributed by atoms with E-state index in [1.165, 1.54) is 30.5 Å². The summed E-state index contributed by atoms with van der Waals surface area (Å²) in [6.45, 7) is 0.191. The molecular weight excluding hydrogens is 431 g/mol. The minimum atomic E-state index is -3.89. The van der Waals surface area contributed by atoms with Crippen LogP contribution in [0.25, 0.3) is 5.78 Å². The van der Waals surface area contributed by atoms with E-state index in [4.69, 9.17) is 11.6 Å². The Morgan fingerprint density at radius 2 is 1.83 bits per heavy atom. The number of imidazole rings is 1. The summed E-state index contributed by atoms with van der Waals surface area (Å²) in [6, 6.07) is 9.30. The van der Waals surface area contributed by atoms with Crippen molar-refractivity contribution in [1.82, 2.24) is 19.7 Å². The van der Waals surface area contributed by atoms with Crippen LogP contribution in [0.1, 0.15) is 15.9 Å². The first kappa shape index (κ1) is 20.0. The second-order valence-corrected chi connectivity index (χ2v) is 8.74. The summed E-state index contributed by atoms with van der Waals surface area (Å²) in [6.07, 6.45) is 6.31. The summed E-state index contributed by atoms with van der Waals surface area (Å²) in [5, 5.41) is 2.60. The molecule has 0 saturated heterocycles.